The highest BCUT2D eigenvalue weighted by Gasteiger charge is 2.34. The minimum absolute atomic E-state index is 0.0493. The summed E-state index contributed by atoms with van der Waals surface area (Å²) < 4.78 is 0. The molecule has 0 saturated heterocycles. The lowest BCUT2D eigenvalue weighted by molar-refractivity contribution is -0.143. The van der Waals surface area contributed by atoms with Crippen LogP contribution in [0.15, 0.2) is 36.4 Å². The molecular formula is C40H57N7O11. The average molecular weight is 812 g/mol. The average Bonchev–Trinajstić information content (AvgIpc) is 3.18. The molecule has 3 rings (SSSR count). The Kier molecular flexibility index (Phi) is 17.9. The molecule has 318 valence electrons. The van der Waals surface area contributed by atoms with Gasteiger partial charge in [-0.3, -0.25) is 28.8 Å². The zero-order valence-electron chi connectivity index (χ0n) is 33.5. The highest BCUT2D eigenvalue weighted by atomic mass is 16.4. The van der Waals surface area contributed by atoms with E-state index in [1.165, 1.54) is 70.3 Å². The molecule has 2 aromatic rings. The van der Waals surface area contributed by atoms with Gasteiger partial charge in [-0.1, -0.05) is 64.0 Å². The van der Waals surface area contributed by atoms with Gasteiger partial charge >= 0.3 is 5.97 Å². The number of carbonyl (C=O) groups excluding carboxylic acids is 6. The summed E-state index contributed by atoms with van der Waals surface area (Å²) in [6.07, 6.45) is 6.53. The van der Waals surface area contributed by atoms with Gasteiger partial charge in [0.2, 0.25) is 29.5 Å². The number of hydrogen-bond acceptors (Lipinski definition) is 11. The molecule has 58 heavy (non-hydrogen) atoms. The Morgan fingerprint density at radius 1 is 0.845 bits per heavy atom. The van der Waals surface area contributed by atoms with Crippen LogP contribution >= 0.6 is 0 Å². The summed E-state index contributed by atoms with van der Waals surface area (Å²) in [6, 6.07) is 2.60. The van der Waals surface area contributed by atoms with Gasteiger partial charge in [0.25, 0.3) is 5.91 Å². The van der Waals surface area contributed by atoms with Crippen LogP contribution < -0.4 is 27.0 Å². The number of aromatic hydroxyl groups is 2. The van der Waals surface area contributed by atoms with E-state index in [9.17, 15) is 54.0 Å². The molecule has 0 saturated carbocycles. The van der Waals surface area contributed by atoms with Crippen LogP contribution in [0.4, 0.5) is 0 Å². The number of nitrogens with zero attached hydrogens (tertiary/aromatic N) is 2. The zero-order valence-corrected chi connectivity index (χ0v) is 33.5. The van der Waals surface area contributed by atoms with E-state index in [4.69, 9.17) is 5.73 Å². The predicted octanol–water partition coefficient (Wildman–Crippen LogP) is 0.762. The number of hydrogen-bond donors (Lipinski definition) is 9. The van der Waals surface area contributed by atoms with E-state index in [0.29, 0.717) is 12.0 Å². The zero-order chi connectivity index (χ0) is 43.1. The summed E-state index contributed by atoms with van der Waals surface area (Å²) in [5.74, 6) is -6.77. The lowest BCUT2D eigenvalue weighted by atomic mass is 9.94. The molecule has 18 heteroatoms. The fraction of sp³-hybridized carbons (Fsp3) is 0.525. The van der Waals surface area contributed by atoms with E-state index in [2.05, 4.69) is 28.2 Å². The van der Waals surface area contributed by atoms with Gasteiger partial charge in [-0.15, -0.1) is 0 Å². The number of nitrogens with two attached hydrogens (primary N) is 1. The van der Waals surface area contributed by atoms with E-state index in [1.54, 1.807) is 0 Å². The topological polar surface area (TPSA) is 281 Å². The van der Waals surface area contributed by atoms with Gasteiger partial charge in [-0.2, -0.15) is 0 Å². The number of unbranched alkanes of at least 4 members (excludes halogenated alkanes) is 7. The summed E-state index contributed by atoms with van der Waals surface area (Å²) in [7, 11) is 2.61. The van der Waals surface area contributed by atoms with Crippen LogP contribution in [0.3, 0.4) is 0 Å². The largest absolute Gasteiger partial charge is 0.507 e. The summed E-state index contributed by atoms with van der Waals surface area (Å²) in [4.78, 5) is 93.1. The number of carboxylic acids is 1. The molecule has 6 amide bonds. The molecular weight excluding hydrogens is 754 g/mol. The van der Waals surface area contributed by atoms with Crippen molar-refractivity contribution in [1.29, 1.82) is 0 Å². The lowest BCUT2D eigenvalue weighted by Crippen LogP contribution is -2.59. The van der Waals surface area contributed by atoms with Gasteiger partial charge < -0.3 is 57.2 Å². The fourth-order valence-electron chi connectivity index (χ4n) is 6.50. The van der Waals surface area contributed by atoms with Gasteiger partial charge in [0.1, 0.15) is 35.7 Å². The van der Waals surface area contributed by atoms with Crippen LogP contribution in [0, 0.1) is 0 Å². The molecule has 2 aromatic carbocycles. The van der Waals surface area contributed by atoms with Gasteiger partial charge in [-0.25, -0.2) is 4.79 Å². The Morgan fingerprint density at radius 3 is 2.07 bits per heavy atom. The number of nitrogens with one attached hydrogen (secondary N) is 4. The number of aliphatic hydroxyl groups excluding tert-OH is 1. The second-order valence-corrected chi connectivity index (χ2v) is 14.5. The van der Waals surface area contributed by atoms with Crippen molar-refractivity contribution in [1.82, 2.24) is 31.1 Å². The third-order valence-electron chi connectivity index (χ3n) is 10.1. The van der Waals surface area contributed by atoms with Crippen LogP contribution in [-0.2, 0) is 40.0 Å². The lowest BCUT2D eigenvalue weighted by Gasteiger charge is -2.30. The summed E-state index contributed by atoms with van der Waals surface area (Å²) in [6.45, 7) is 2.00. The molecule has 0 radical (unpaired) electrons. The van der Waals surface area contributed by atoms with Crippen molar-refractivity contribution >= 4 is 41.4 Å². The number of likely N-dealkylation sites (N-methyl/N-ethyl adjacent to an activating group) is 2. The standard InChI is InChI=1S/C40H57N7O11/c1-5-6-7-8-9-10-11-12-13-32(51)46(3)29(22-48)37(54)45-35(41)39(56)42-21-33(52)47(4)34-25-15-17-31(50)27(20-25)26-18-24(14-16-30(26)49)19-28(40(57)58)44-36(53)23(2)43-38(34)55/h14-18,20,23,28-29,34-35,48-50H,5-13,19,21-22,41H2,1-4H3,(H,42,56)(H,43,55)(H,44,53)(H,45,54)(H,57,58)/t23-,28-,29?,34-,35-/m0/s1. The minimum atomic E-state index is -1.70. The first-order valence-corrected chi connectivity index (χ1v) is 19.4. The minimum Gasteiger partial charge on any atom is -0.507 e. The van der Waals surface area contributed by atoms with E-state index < -0.39 is 79.0 Å². The molecule has 4 bridgehead atoms. The Hall–Kier alpha value is -5.75. The molecule has 5 atom stereocenters. The van der Waals surface area contributed by atoms with Crippen LogP contribution in [0.1, 0.15) is 88.8 Å². The first-order valence-electron chi connectivity index (χ1n) is 19.4. The predicted molar refractivity (Wildman–Crippen MR) is 212 cm³/mol. The normalized spacial score (nSPS) is 17.7. The first-order chi connectivity index (χ1) is 27.5. The molecule has 0 fully saturated rings. The fourth-order valence-corrected chi connectivity index (χ4v) is 6.50. The summed E-state index contributed by atoms with van der Waals surface area (Å²) in [5, 5.41) is 50.7. The van der Waals surface area contributed by atoms with Crippen molar-refractivity contribution in [2.75, 3.05) is 27.2 Å². The number of carboxylic acid groups (broad SMARTS) is 1. The molecule has 1 unspecified atom stereocenters. The van der Waals surface area contributed by atoms with E-state index in [-0.39, 0.29) is 46.9 Å². The molecule has 0 aliphatic carbocycles. The van der Waals surface area contributed by atoms with Crippen molar-refractivity contribution in [2.24, 2.45) is 5.73 Å². The smallest absolute Gasteiger partial charge is 0.326 e. The Morgan fingerprint density at radius 2 is 1.45 bits per heavy atom. The van der Waals surface area contributed by atoms with E-state index in [0.717, 1.165) is 41.9 Å². The van der Waals surface area contributed by atoms with Crippen LogP contribution in [0.5, 0.6) is 11.5 Å². The molecule has 10 N–H and O–H groups in total. The molecule has 0 spiro atoms. The quantitative estimate of drug-likeness (QED) is 0.0746. The monoisotopic (exact) mass is 811 g/mol. The van der Waals surface area contributed by atoms with Gasteiger partial charge in [0.15, 0.2) is 6.17 Å². The van der Waals surface area contributed by atoms with Crippen LogP contribution in [0.25, 0.3) is 11.1 Å². The summed E-state index contributed by atoms with van der Waals surface area (Å²) in [5.41, 5.74) is 6.56. The van der Waals surface area contributed by atoms with E-state index in [1.807, 2.05) is 0 Å². The van der Waals surface area contributed by atoms with Crippen molar-refractivity contribution in [2.45, 2.75) is 108 Å². The van der Waals surface area contributed by atoms with Crippen molar-refractivity contribution < 1.29 is 54.0 Å². The molecule has 1 heterocycles. The number of aliphatic carboxylic acids is 1. The first kappa shape index (κ1) is 46.6. The number of carbonyl (C=O) groups is 7. The third-order valence-corrected chi connectivity index (χ3v) is 10.1. The van der Waals surface area contributed by atoms with Gasteiger partial charge in [0, 0.05) is 38.1 Å². The molecule has 1 aliphatic rings. The maximum atomic E-state index is 13.8. The van der Waals surface area contributed by atoms with Crippen LogP contribution in [0.2, 0.25) is 0 Å². The highest BCUT2D eigenvalue weighted by Crippen LogP contribution is 2.38. The van der Waals surface area contributed by atoms with Gasteiger partial charge in [-0.05, 0) is 48.7 Å². The van der Waals surface area contributed by atoms with Crippen molar-refractivity contribution in [3.8, 4) is 22.6 Å². The Labute approximate surface area is 337 Å². The third kappa shape index (κ3) is 12.9. The maximum Gasteiger partial charge on any atom is 0.326 e. The van der Waals surface area contributed by atoms with Crippen molar-refractivity contribution in [3.63, 3.8) is 0 Å². The Balaban J connectivity index is 1.72. The number of fused-ring (bicyclic) bond motifs is 5. The highest BCUT2D eigenvalue weighted by molar-refractivity contribution is 5.96. The molecule has 0 aromatic heterocycles. The SMILES string of the molecule is CCCCCCCCCCC(=O)N(C)C(CO)C(=O)N[C@H](N)C(=O)NCC(=O)N(C)[C@@H]1C(=O)N[C@@H](C)C(=O)N[C@H](C(=O)O)Cc2ccc(O)c(c2)-c2cc1ccc2O. The Bertz CT molecular complexity index is 1810. The summed E-state index contributed by atoms with van der Waals surface area (Å²) >= 11 is 0. The van der Waals surface area contributed by atoms with E-state index >= 15 is 0 Å². The van der Waals surface area contributed by atoms with Gasteiger partial charge in [0.05, 0.1) is 13.2 Å². The second kappa shape index (κ2) is 22.3. The number of rotatable bonds is 18. The number of amides is 6. The number of phenols is 2. The second-order valence-electron chi connectivity index (χ2n) is 14.5. The number of benzene rings is 2. The number of aliphatic hydroxyl groups is 1. The molecule has 18 nitrogen and oxygen atoms in total. The van der Waals surface area contributed by atoms with Crippen LogP contribution in [-0.4, -0.2) is 123 Å². The maximum absolute atomic E-state index is 13.8. The number of phenolic OH excluding ortho intramolecular Hbond substituents is 2. The van der Waals surface area contributed by atoms with Crippen molar-refractivity contribution in [3.05, 3.63) is 47.5 Å². The molecule has 1 aliphatic heterocycles.